The molecule has 0 fully saturated rings. The van der Waals surface area contributed by atoms with Crippen molar-refractivity contribution in [3.05, 3.63) is 89.2 Å². The molecule has 4 aromatic rings. The van der Waals surface area contributed by atoms with Gasteiger partial charge in [0.15, 0.2) is 0 Å². The second-order valence-corrected chi connectivity index (χ2v) is 8.52. The molecule has 0 aliphatic rings. The Balaban J connectivity index is 1.57. The monoisotopic (exact) mass is 468 g/mol. The van der Waals surface area contributed by atoms with Crippen molar-refractivity contribution in [2.45, 2.75) is 32.4 Å². The van der Waals surface area contributed by atoms with E-state index in [1.807, 2.05) is 50.4 Å². The number of hydrogen-bond acceptors (Lipinski definition) is 5. The average Bonchev–Trinajstić information content (AvgIpc) is 3.26. The largest absolute Gasteiger partial charge is 0.490 e. The van der Waals surface area contributed by atoms with E-state index in [1.54, 1.807) is 30.5 Å². The minimum absolute atomic E-state index is 0.112. The summed E-state index contributed by atoms with van der Waals surface area (Å²) in [6.45, 7) is 3.60. The molecule has 4 rings (SSSR count). The van der Waals surface area contributed by atoms with E-state index in [2.05, 4.69) is 27.1 Å². The third-order valence-electron chi connectivity index (χ3n) is 5.42. The molecule has 0 aliphatic carbocycles. The number of anilines is 1. The number of carbonyl (C=O) groups is 1. The number of aliphatic hydroxyl groups excluding tert-OH is 1. The van der Waals surface area contributed by atoms with Gasteiger partial charge in [-0.15, -0.1) is 0 Å². The quantitative estimate of drug-likeness (QED) is 0.309. The van der Waals surface area contributed by atoms with E-state index in [0.717, 1.165) is 16.5 Å². The fourth-order valence-electron chi connectivity index (χ4n) is 3.76. The van der Waals surface area contributed by atoms with Gasteiger partial charge in [-0.25, -0.2) is 4.98 Å². The zero-order valence-corrected chi connectivity index (χ0v) is 19.7. The standard InChI is InChI=1S/C28H28N4O3/c1-18(2)35-26-11-9-19(7-8-20-10-12-27(29)31-15-20)13-24(26)28(34)32-22(17-33)14-21-16-30-25-6-4-3-5-23(21)25/h3-6,9-13,15-16,18,22,30,33H,14,17H2,1-2H3,(H2,29,31)(H,32,34). The van der Waals surface area contributed by atoms with Crippen LogP contribution >= 0.6 is 0 Å². The molecular weight excluding hydrogens is 440 g/mol. The topological polar surface area (TPSA) is 113 Å². The van der Waals surface area contributed by atoms with Crippen molar-refractivity contribution >= 4 is 22.6 Å². The highest BCUT2D eigenvalue weighted by Crippen LogP contribution is 2.23. The summed E-state index contributed by atoms with van der Waals surface area (Å²) in [5.41, 5.74) is 9.39. The third-order valence-corrected chi connectivity index (χ3v) is 5.42. The molecule has 2 aromatic carbocycles. The Morgan fingerprint density at radius 2 is 1.91 bits per heavy atom. The molecule has 2 heterocycles. The van der Waals surface area contributed by atoms with E-state index < -0.39 is 6.04 Å². The molecule has 35 heavy (non-hydrogen) atoms. The molecule has 0 aliphatic heterocycles. The van der Waals surface area contributed by atoms with E-state index in [1.165, 1.54) is 0 Å². The summed E-state index contributed by atoms with van der Waals surface area (Å²) in [4.78, 5) is 20.6. The zero-order chi connectivity index (χ0) is 24.8. The van der Waals surface area contributed by atoms with Crippen LogP contribution < -0.4 is 15.8 Å². The third kappa shape index (κ3) is 5.99. The van der Waals surface area contributed by atoms with Crippen molar-refractivity contribution in [3.8, 4) is 17.6 Å². The number of benzene rings is 2. The Hall–Kier alpha value is -4.28. The van der Waals surface area contributed by atoms with Gasteiger partial charge >= 0.3 is 0 Å². The van der Waals surface area contributed by atoms with Crippen molar-refractivity contribution in [2.75, 3.05) is 12.3 Å². The first-order valence-corrected chi connectivity index (χ1v) is 11.4. The maximum atomic E-state index is 13.3. The number of aromatic amines is 1. The van der Waals surface area contributed by atoms with E-state index >= 15 is 0 Å². The number of aromatic nitrogens is 2. The van der Waals surface area contributed by atoms with Crippen LogP contribution in [0.25, 0.3) is 10.9 Å². The van der Waals surface area contributed by atoms with Gasteiger partial charge in [0, 0.05) is 34.4 Å². The van der Waals surface area contributed by atoms with Gasteiger partial charge in [0.25, 0.3) is 5.91 Å². The van der Waals surface area contributed by atoms with E-state index in [9.17, 15) is 9.90 Å². The fraction of sp³-hybridized carbons (Fsp3) is 0.214. The van der Waals surface area contributed by atoms with E-state index in [0.29, 0.717) is 34.7 Å². The number of amides is 1. The van der Waals surface area contributed by atoms with Gasteiger partial charge in [-0.1, -0.05) is 30.0 Å². The Labute approximate surface area is 204 Å². The summed E-state index contributed by atoms with van der Waals surface area (Å²) in [7, 11) is 0. The predicted octanol–water partition coefficient (Wildman–Crippen LogP) is 3.67. The number of nitrogens with one attached hydrogen (secondary N) is 2. The summed E-state index contributed by atoms with van der Waals surface area (Å²) in [5.74, 6) is 6.64. The number of pyridine rings is 1. The van der Waals surface area contributed by atoms with Crippen LogP contribution in [-0.2, 0) is 6.42 Å². The average molecular weight is 469 g/mol. The molecule has 1 unspecified atom stereocenters. The number of carbonyl (C=O) groups excluding carboxylic acids is 1. The number of nitrogens with two attached hydrogens (primary N) is 1. The number of H-pyrrole nitrogens is 1. The van der Waals surface area contributed by atoms with Crippen LogP contribution in [0.4, 0.5) is 5.82 Å². The van der Waals surface area contributed by atoms with Crippen LogP contribution in [0, 0.1) is 11.8 Å². The first kappa shape index (κ1) is 23.9. The number of aliphatic hydroxyl groups is 1. The van der Waals surface area contributed by atoms with Crippen LogP contribution in [0.5, 0.6) is 5.75 Å². The van der Waals surface area contributed by atoms with Crippen molar-refractivity contribution in [1.82, 2.24) is 15.3 Å². The second kappa shape index (κ2) is 10.8. The Kier molecular flexibility index (Phi) is 7.34. The number of hydrogen-bond donors (Lipinski definition) is 4. The lowest BCUT2D eigenvalue weighted by atomic mass is 10.0. The maximum absolute atomic E-state index is 13.3. The highest BCUT2D eigenvalue weighted by atomic mass is 16.5. The van der Waals surface area contributed by atoms with Crippen LogP contribution in [0.3, 0.4) is 0 Å². The summed E-state index contributed by atoms with van der Waals surface area (Å²) >= 11 is 0. The van der Waals surface area contributed by atoms with E-state index in [4.69, 9.17) is 10.5 Å². The zero-order valence-electron chi connectivity index (χ0n) is 19.7. The van der Waals surface area contributed by atoms with Gasteiger partial charge < -0.3 is 25.9 Å². The van der Waals surface area contributed by atoms with Gasteiger partial charge in [-0.05, 0) is 62.2 Å². The number of ether oxygens (including phenoxy) is 1. The lowest BCUT2D eigenvalue weighted by Gasteiger charge is -2.19. The predicted molar refractivity (Wildman–Crippen MR) is 137 cm³/mol. The molecular formula is C28H28N4O3. The van der Waals surface area contributed by atoms with Crippen molar-refractivity contribution in [3.63, 3.8) is 0 Å². The van der Waals surface area contributed by atoms with Gasteiger partial charge in [-0.3, -0.25) is 4.79 Å². The van der Waals surface area contributed by atoms with Crippen LogP contribution in [0.15, 0.2) is 67.0 Å². The minimum atomic E-state index is -0.468. The molecule has 0 bridgehead atoms. The van der Waals surface area contributed by atoms with Gasteiger partial charge in [0.2, 0.25) is 0 Å². The second-order valence-electron chi connectivity index (χ2n) is 8.52. The van der Waals surface area contributed by atoms with Crippen LogP contribution in [0.1, 0.15) is 40.9 Å². The molecule has 0 saturated carbocycles. The molecule has 5 N–H and O–H groups in total. The number of para-hydroxylation sites is 1. The summed E-state index contributed by atoms with van der Waals surface area (Å²) in [6.07, 6.45) is 3.88. The molecule has 0 radical (unpaired) electrons. The molecule has 7 heteroatoms. The van der Waals surface area contributed by atoms with Gasteiger partial charge in [-0.2, -0.15) is 0 Å². The molecule has 2 aromatic heterocycles. The molecule has 1 amide bonds. The summed E-state index contributed by atoms with van der Waals surface area (Å²) in [5, 5.41) is 14.0. The number of rotatable bonds is 7. The SMILES string of the molecule is CC(C)Oc1ccc(C#Cc2ccc(N)nc2)cc1C(=O)NC(CO)Cc1c[nH]c2ccccc12. The van der Waals surface area contributed by atoms with Gasteiger partial charge in [0.1, 0.15) is 11.6 Å². The molecule has 0 spiro atoms. The first-order valence-electron chi connectivity index (χ1n) is 11.4. The molecule has 0 saturated heterocycles. The van der Waals surface area contributed by atoms with E-state index in [-0.39, 0.29) is 18.6 Å². The van der Waals surface area contributed by atoms with Crippen molar-refractivity contribution in [2.24, 2.45) is 0 Å². The number of nitrogens with zero attached hydrogens (tertiary/aromatic N) is 1. The number of nitrogen functional groups attached to an aromatic ring is 1. The van der Waals surface area contributed by atoms with Crippen molar-refractivity contribution in [1.29, 1.82) is 0 Å². The minimum Gasteiger partial charge on any atom is -0.490 e. The molecule has 7 nitrogen and oxygen atoms in total. The Bertz CT molecular complexity index is 1380. The van der Waals surface area contributed by atoms with Crippen LogP contribution in [0.2, 0.25) is 0 Å². The lowest BCUT2D eigenvalue weighted by Crippen LogP contribution is -2.39. The number of fused-ring (bicyclic) bond motifs is 1. The molecule has 178 valence electrons. The Morgan fingerprint density at radius 3 is 2.66 bits per heavy atom. The summed E-state index contributed by atoms with van der Waals surface area (Å²) in [6, 6.07) is 16.2. The lowest BCUT2D eigenvalue weighted by molar-refractivity contribution is 0.0910. The highest BCUT2D eigenvalue weighted by Gasteiger charge is 2.19. The molecule has 1 atom stereocenters. The highest BCUT2D eigenvalue weighted by molar-refractivity contribution is 5.97. The summed E-state index contributed by atoms with van der Waals surface area (Å²) < 4.78 is 5.88. The normalized spacial score (nSPS) is 11.7. The smallest absolute Gasteiger partial charge is 0.255 e. The Morgan fingerprint density at radius 1 is 1.14 bits per heavy atom. The fourth-order valence-corrected chi connectivity index (χ4v) is 3.76. The van der Waals surface area contributed by atoms with Crippen LogP contribution in [-0.4, -0.2) is 39.7 Å². The first-order chi connectivity index (χ1) is 16.9. The van der Waals surface area contributed by atoms with Gasteiger partial charge in [0.05, 0.1) is 24.3 Å². The van der Waals surface area contributed by atoms with Crippen molar-refractivity contribution < 1.29 is 14.6 Å². The maximum Gasteiger partial charge on any atom is 0.255 e.